The summed E-state index contributed by atoms with van der Waals surface area (Å²) in [4.78, 5) is 8.26. The molecule has 1 heterocycles. The maximum atomic E-state index is 5.87. The zero-order valence-electron chi connectivity index (χ0n) is 10.2. The molecule has 0 saturated heterocycles. The van der Waals surface area contributed by atoms with Crippen LogP contribution in [0.5, 0.6) is 0 Å². The third-order valence-corrected chi connectivity index (χ3v) is 2.84. The molecule has 0 unspecified atom stereocenters. The lowest BCUT2D eigenvalue weighted by Gasteiger charge is -2.11. The minimum Gasteiger partial charge on any atom is -0.383 e. The van der Waals surface area contributed by atoms with Crippen molar-refractivity contribution in [2.75, 3.05) is 11.1 Å². The summed E-state index contributed by atoms with van der Waals surface area (Å²) in [7, 11) is 0. The number of benzene rings is 1. The third kappa shape index (κ3) is 2.90. The highest BCUT2D eigenvalue weighted by Crippen LogP contribution is 2.23. The van der Waals surface area contributed by atoms with Gasteiger partial charge in [-0.2, -0.15) is 0 Å². The van der Waals surface area contributed by atoms with Gasteiger partial charge in [0.1, 0.15) is 18.0 Å². The summed E-state index contributed by atoms with van der Waals surface area (Å²) in [5.74, 6) is 1.29. The molecule has 3 N–H and O–H groups in total. The van der Waals surface area contributed by atoms with E-state index in [1.54, 1.807) is 0 Å². The Morgan fingerprint density at radius 3 is 2.61 bits per heavy atom. The van der Waals surface area contributed by atoms with E-state index in [9.17, 15) is 0 Å². The topological polar surface area (TPSA) is 63.8 Å². The number of halogens is 1. The fraction of sp³-hybridized carbons (Fsp3) is 0.231. The molecular formula is C13H15ClN4. The normalized spacial score (nSPS) is 10.3. The first-order valence-corrected chi connectivity index (χ1v) is 6.20. The molecule has 2 rings (SSSR count). The van der Waals surface area contributed by atoms with Gasteiger partial charge in [-0.05, 0) is 30.7 Å². The highest BCUT2D eigenvalue weighted by atomic mass is 35.5. The molecule has 0 aliphatic carbocycles. The first-order valence-electron chi connectivity index (χ1n) is 5.82. The fourth-order valence-electron chi connectivity index (χ4n) is 1.70. The number of aromatic nitrogens is 2. The van der Waals surface area contributed by atoms with Gasteiger partial charge in [-0.15, -0.1) is 0 Å². The van der Waals surface area contributed by atoms with Crippen LogP contribution < -0.4 is 11.1 Å². The van der Waals surface area contributed by atoms with Crippen molar-refractivity contribution >= 4 is 28.9 Å². The maximum Gasteiger partial charge on any atom is 0.139 e. The summed E-state index contributed by atoms with van der Waals surface area (Å²) < 4.78 is 0. The van der Waals surface area contributed by atoms with Gasteiger partial charge in [0.15, 0.2) is 0 Å². The number of anilines is 3. The van der Waals surface area contributed by atoms with Crippen LogP contribution >= 0.6 is 11.6 Å². The molecule has 0 aliphatic rings. The summed E-state index contributed by atoms with van der Waals surface area (Å²) in [6.45, 7) is 2.10. The summed E-state index contributed by atoms with van der Waals surface area (Å²) >= 11 is 5.85. The van der Waals surface area contributed by atoms with E-state index in [4.69, 9.17) is 17.3 Å². The Morgan fingerprint density at radius 1 is 1.22 bits per heavy atom. The Kier molecular flexibility index (Phi) is 3.99. The molecule has 0 fully saturated rings. The highest BCUT2D eigenvalue weighted by Gasteiger charge is 2.08. The number of nitrogen functional groups attached to an aromatic ring is 1. The van der Waals surface area contributed by atoms with E-state index in [0.717, 1.165) is 29.9 Å². The Labute approximate surface area is 111 Å². The van der Waals surface area contributed by atoms with Crippen molar-refractivity contribution in [3.05, 3.63) is 41.2 Å². The highest BCUT2D eigenvalue weighted by molar-refractivity contribution is 6.30. The smallest absolute Gasteiger partial charge is 0.139 e. The number of nitrogens with zero attached hydrogens (tertiary/aromatic N) is 2. The number of nitrogens with two attached hydrogens (primary N) is 1. The summed E-state index contributed by atoms with van der Waals surface area (Å²) in [5, 5.41) is 3.94. The van der Waals surface area contributed by atoms with Crippen molar-refractivity contribution in [3.63, 3.8) is 0 Å². The molecule has 94 valence electrons. The quantitative estimate of drug-likeness (QED) is 0.886. The molecule has 2 aromatic rings. The first-order chi connectivity index (χ1) is 8.70. The second kappa shape index (κ2) is 5.69. The SMILES string of the molecule is CCCc1c(N)ncnc1Nc1ccc(Cl)cc1. The van der Waals surface area contributed by atoms with E-state index in [1.165, 1.54) is 6.33 Å². The van der Waals surface area contributed by atoms with Crippen LogP contribution in [0.15, 0.2) is 30.6 Å². The predicted octanol–water partition coefficient (Wildman–Crippen LogP) is 3.41. The standard InChI is InChI=1S/C13H15ClN4/c1-2-3-11-12(15)16-8-17-13(11)18-10-6-4-9(14)5-7-10/h4-8H,2-3H2,1H3,(H3,15,16,17,18). The molecule has 5 heteroatoms. The number of hydrogen-bond donors (Lipinski definition) is 2. The Hall–Kier alpha value is -1.81. The molecule has 18 heavy (non-hydrogen) atoms. The Balaban J connectivity index is 2.28. The molecule has 0 radical (unpaired) electrons. The van der Waals surface area contributed by atoms with Crippen LogP contribution in [0, 0.1) is 0 Å². The van der Waals surface area contributed by atoms with Gasteiger partial charge in [-0.3, -0.25) is 0 Å². The van der Waals surface area contributed by atoms with E-state index >= 15 is 0 Å². The van der Waals surface area contributed by atoms with Gasteiger partial charge < -0.3 is 11.1 Å². The van der Waals surface area contributed by atoms with Crippen LogP contribution in [0.3, 0.4) is 0 Å². The zero-order valence-corrected chi connectivity index (χ0v) is 10.9. The number of nitrogens with one attached hydrogen (secondary N) is 1. The van der Waals surface area contributed by atoms with Gasteiger partial charge in [0, 0.05) is 16.3 Å². The minimum atomic E-state index is 0.531. The molecule has 1 aromatic carbocycles. The fourth-order valence-corrected chi connectivity index (χ4v) is 1.83. The van der Waals surface area contributed by atoms with Crippen LogP contribution in [0.2, 0.25) is 5.02 Å². The summed E-state index contributed by atoms with van der Waals surface area (Å²) in [5.41, 5.74) is 7.75. The zero-order chi connectivity index (χ0) is 13.0. The van der Waals surface area contributed by atoms with E-state index in [0.29, 0.717) is 10.8 Å². The lowest BCUT2D eigenvalue weighted by atomic mass is 10.1. The van der Waals surface area contributed by atoms with Crippen LogP contribution in [0.1, 0.15) is 18.9 Å². The molecule has 0 bridgehead atoms. The van der Waals surface area contributed by atoms with Crippen molar-refractivity contribution in [3.8, 4) is 0 Å². The number of rotatable bonds is 4. The first kappa shape index (κ1) is 12.6. The van der Waals surface area contributed by atoms with Crippen molar-refractivity contribution in [1.82, 2.24) is 9.97 Å². The van der Waals surface area contributed by atoms with E-state index in [1.807, 2.05) is 24.3 Å². The third-order valence-electron chi connectivity index (χ3n) is 2.59. The molecule has 0 spiro atoms. The molecule has 1 aromatic heterocycles. The van der Waals surface area contributed by atoms with Gasteiger partial charge in [-0.1, -0.05) is 24.9 Å². The summed E-state index contributed by atoms with van der Waals surface area (Å²) in [6, 6.07) is 7.45. The van der Waals surface area contributed by atoms with Crippen molar-refractivity contribution in [2.45, 2.75) is 19.8 Å². The van der Waals surface area contributed by atoms with Crippen molar-refractivity contribution in [1.29, 1.82) is 0 Å². The van der Waals surface area contributed by atoms with Crippen molar-refractivity contribution < 1.29 is 0 Å². The summed E-state index contributed by atoms with van der Waals surface area (Å²) in [6.07, 6.45) is 3.31. The van der Waals surface area contributed by atoms with E-state index in [-0.39, 0.29) is 0 Å². The second-order valence-corrected chi connectivity index (χ2v) is 4.40. The van der Waals surface area contributed by atoms with Gasteiger partial charge in [-0.25, -0.2) is 9.97 Å². The second-order valence-electron chi connectivity index (χ2n) is 3.97. The molecule has 0 aliphatic heterocycles. The largest absolute Gasteiger partial charge is 0.383 e. The van der Waals surface area contributed by atoms with Crippen LogP contribution in [0.4, 0.5) is 17.3 Å². The van der Waals surface area contributed by atoms with Crippen LogP contribution in [0.25, 0.3) is 0 Å². The lowest BCUT2D eigenvalue weighted by Crippen LogP contribution is -2.05. The predicted molar refractivity (Wildman–Crippen MR) is 75.2 cm³/mol. The molecular weight excluding hydrogens is 248 g/mol. The molecule has 0 amide bonds. The van der Waals surface area contributed by atoms with Crippen LogP contribution in [-0.4, -0.2) is 9.97 Å². The average molecular weight is 263 g/mol. The van der Waals surface area contributed by atoms with Gasteiger partial charge in [0.2, 0.25) is 0 Å². The van der Waals surface area contributed by atoms with Crippen molar-refractivity contribution in [2.24, 2.45) is 0 Å². The molecule has 0 atom stereocenters. The molecule has 0 saturated carbocycles. The monoisotopic (exact) mass is 262 g/mol. The van der Waals surface area contributed by atoms with Crippen LogP contribution in [-0.2, 0) is 6.42 Å². The van der Waals surface area contributed by atoms with Gasteiger partial charge in [0.25, 0.3) is 0 Å². The Bertz CT molecular complexity index is 525. The Morgan fingerprint density at radius 2 is 1.94 bits per heavy atom. The average Bonchev–Trinajstić information content (AvgIpc) is 2.36. The number of hydrogen-bond acceptors (Lipinski definition) is 4. The van der Waals surface area contributed by atoms with E-state index in [2.05, 4.69) is 22.2 Å². The minimum absolute atomic E-state index is 0.531. The van der Waals surface area contributed by atoms with E-state index < -0.39 is 0 Å². The van der Waals surface area contributed by atoms with Gasteiger partial charge in [0.05, 0.1) is 0 Å². The van der Waals surface area contributed by atoms with Gasteiger partial charge >= 0.3 is 0 Å². The maximum absolute atomic E-state index is 5.87. The molecule has 4 nitrogen and oxygen atoms in total. The lowest BCUT2D eigenvalue weighted by molar-refractivity contribution is 0.908.